The van der Waals surface area contributed by atoms with Gasteiger partial charge in [0.05, 0.1) is 6.61 Å². The maximum atomic E-state index is 6.42. The zero-order valence-corrected chi connectivity index (χ0v) is 9.88. The lowest BCUT2D eigenvalue weighted by atomic mass is 9.71. The highest BCUT2D eigenvalue weighted by atomic mass is 16.5. The standard InChI is InChI=1S/C12H25NO/c1-4-12(13,9-14-3)11-7-5-6-10(2)8-11/h10-11H,4-9,13H2,1-3H3. The summed E-state index contributed by atoms with van der Waals surface area (Å²) in [4.78, 5) is 0. The molecule has 3 atom stereocenters. The van der Waals surface area contributed by atoms with Crippen molar-refractivity contribution in [2.45, 2.75) is 51.5 Å². The van der Waals surface area contributed by atoms with Gasteiger partial charge >= 0.3 is 0 Å². The van der Waals surface area contributed by atoms with Crippen LogP contribution in [-0.2, 0) is 4.74 Å². The summed E-state index contributed by atoms with van der Waals surface area (Å²) in [6, 6.07) is 0. The molecule has 2 N–H and O–H groups in total. The van der Waals surface area contributed by atoms with Gasteiger partial charge in [0.15, 0.2) is 0 Å². The molecule has 0 radical (unpaired) electrons. The maximum absolute atomic E-state index is 6.42. The third kappa shape index (κ3) is 2.71. The third-order valence-corrected chi connectivity index (χ3v) is 3.82. The van der Waals surface area contributed by atoms with Crippen LogP contribution in [0.3, 0.4) is 0 Å². The van der Waals surface area contributed by atoms with Crippen molar-refractivity contribution in [3.63, 3.8) is 0 Å². The van der Waals surface area contributed by atoms with Crippen molar-refractivity contribution in [3.8, 4) is 0 Å². The Morgan fingerprint density at radius 2 is 2.14 bits per heavy atom. The van der Waals surface area contributed by atoms with Gasteiger partial charge in [-0.25, -0.2) is 0 Å². The first-order valence-electron chi connectivity index (χ1n) is 5.90. The van der Waals surface area contributed by atoms with Crippen molar-refractivity contribution in [1.82, 2.24) is 0 Å². The smallest absolute Gasteiger partial charge is 0.0645 e. The molecule has 14 heavy (non-hydrogen) atoms. The van der Waals surface area contributed by atoms with E-state index in [-0.39, 0.29) is 5.54 Å². The molecule has 1 saturated carbocycles. The van der Waals surface area contributed by atoms with Crippen molar-refractivity contribution in [2.75, 3.05) is 13.7 Å². The van der Waals surface area contributed by atoms with E-state index in [4.69, 9.17) is 10.5 Å². The lowest BCUT2D eigenvalue weighted by Gasteiger charge is -2.40. The van der Waals surface area contributed by atoms with Crippen molar-refractivity contribution >= 4 is 0 Å². The summed E-state index contributed by atoms with van der Waals surface area (Å²) in [6.07, 6.45) is 6.32. The van der Waals surface area contributed by atoms with E-state index < -0.39 is 0 Å². The molecule has 0 aliphatic heterocycles. The highest BCUT2D eigenvalue weighted by Crippen LogP contribution is 2.36. The fourth-order valence-corrected chi connectivity index (χ4v) is 2.73. The second kappa shape index (κ2) is 5.13. The van der Waals surface area contributed by atoms with Gasteiger partial charge in [0.25, 0.3) is 0 Å². The molecular formula is C12H25NO. The fraction of sp³-hybridized carbons (Fsp3) is 1.00. The van der Waals surface area contributed by atoms with Crippen molar-refractivity contribution in [1.29, 1.82) is 0 Å². The molecule has 1 aliphatic rings. The quantitative estimate of drug-likeness (QED) is 0.755. The summed E-state index contributed by atoms with van der Waals surface area (Å²) in [7, 11) is 1.75. The summed E-state index contributed by atoms with van der Waals surface area (Å²) < 4.78 is 5.26. The Labute approximate surface area is 88.2 Å². The monoisotopic (exact) mass is 199 g/mol. The molecule has 0 aromatic heterocycles. The topological polar surface area (TPSA) is 35.2 Å². The summed E-state index contributed by atoms with van der Waals surface area (Å²) in [5, 5.41) is 0. The van der Waals surface area contributed by atoms with Gasteiger partial charge in [0, 0.05) is 12.6 Å². The summed E-state index contributed by atoms with van der Waals surface area (Å²) in [5.74, 6) is 1.51. The van der Waals surface area contributed by atoms with Crippen LogP contribution in [0.15, 0.2) is 0 Å². The number of methoxy groups -OCH3 is 1. The van der Waals surface area contributed by atoms with Crippen LogP contribution in [-0.4, -0.2) is 19.3 Å². The second-order valence-electron chi connectivity index (χ2n) is 4.99. The Morgan fingerprint density at radius 1 is 1.43 bits per heavy atom. The van der Waals surface area contributed by atoms with E-state index in [1.54, 1.807) is 7.11 Å². The van der Waals surface area contributed by atoms with E-state index in [1.165, 1.54) is 25.7 Å². The van der Waals surface area contributed by atoms with Crippen molar-refractivity contribution in [2.24, 2.45) is 17.6 Å². The highest BCUT2D eigenvalue weighted by Gasteiger charge is 2.35. The molecule has 0 heterocycles. The first kappa shape index (κ1) is 12.0. The fourth-order valence-electron chi connectivity index (χ4n) is 2.73. The normalized spacial score (nSPS) is 32.6. The molecule has 1 rings (SSSR count). The van der Waals surface area contributed by atoms with Crippen molar-refractivity contribution in [3.05, 3.63) is 0 Å². The lowest BCUT2D eigenvalue weighted by Crippen LogP contribution is -2.51. The molecule has 0 amide bonds. The van der Waals surface area contributed by atoms with E-state index in [0.29, 0.717) is 12.5 Å². The summed E-state index contributed by atoms with van der Waals surface area (Å²) in [6.45, 7) is 5.23. The van der Waals surface area contributed by atoms with Gasteiger partial charge in [-0.2, -0.15) is 0 Å². The Morgan fingerprint density at radius 3 is 2.64 bits per heavy atom. The van der Waals surface area contributed by atoms with E-state index in [2.05, 4.69) is 13.8 Å². The predicted molar refractivity (Wildman–Crippen MR) is 60.2 cm³/mol. The minimum absolute atomic E-state index is 0.0799. The molecule has 2 nitrogen and oxygen atoms in total. The maximum Gasteiger partial charge on any atom is 0.0645 e. The molecule has 1 fully saturated rings. The van der Waals surface area contributed by atoms with Gasteiger partial charge < -0.3 is 10.5 Å². The van der Waals surface area contributed by atoms with Gasteiger partial charge in [-0.1, -0.05) is 26.7 Å². The molecule has 0 bridgehead atoms. The van der Waals surface area contributed by atoms with Crippen LogP contribution in [0.25, 0.3) is 0 Å². The molecule has 3 unspecified atom stereocenters. The van der Waals surface area contributed by atoms with E-state index in [1.807, 2.05) is 0 Å². The number of ether oxygens (including phenoxy) is 1. The molecule has 0 spiro atoms. The molecular weight excluding hydrogens is 174 g/mol. The molecule has 0 aromatic carbocycles. The van der Waals surface area contributed by atoms with Crippen LogP contribution >= 0.6 is 0 Å². The molecule has 0 saturated heterocycles. The zero-order valence-electron chi connectivity index (χ0n) is 9.88. The van der Waals surface area contributed by atoms with Gasteiger partial charge in [-0.15, -0.1) is 0 Å². The average molecular weight is 199 g/mol. The molecule has 0 aromatic rings. The van der Waals surface area contributed by atoms with Crippen LogP contribution in [0, 0.1) is 11.8 Å². The number of nitrogens with two attached hydrogens (primary N) is 1. The van der Waals surface area contributed by atoms with E-state index >= 15 is 0 Å². The first-order chi connectivity index (χ1) is 6.62. The van der Waals surface area contributed by atoms with E-state index in [9.17, 15) is 0 Å². The van der Waals surface area contributed by atoms with Gasteiger partial charge in [-0.3, -0.25) is 0 Å². The van der Waals surface area contributed by atoms with Gasteiger partial charge in [0.1, 0.15) is 0 Å². The van der Waals surface area contributed by atoms with Crippen LogP contribution in [0.2, 0.25) is 0 Å². The molecule has 1 aliphatic carbocycles. The number of hydrogen-bond donors (Lipinski definition) is 1. The largest absolute Gasteiger partial charge is 0.383 e. The summed E-state index contributed by atoms with van der Waals surface area (Å²) in [5.41, 5.74) is 6.34. The van der Waals surface area contributed by atoms with Crippen molar-refractivity contribution < 1.29 is 4.74 Å². The van der Waals surface area contributed by atoms with Gasteiger partial charge in [-0.05, 0) is 31.1 Å². The van der Waals surface area contributed by atoms with E-state index in [0.717, 1.165) is 12.3 Å². The average Bonchev–Trinajstić information content (AvgIpc) is 2.18. The highest BCUT2D eigenvalue weighted by molar-refractivity contribution is 4.92. The number of rotatable bonds is 4. The first-order valence-corrected chi connectivity index (χ1v) is 5.90. The molecule has 2 heteroatoms. The minimum atomic E-state index is -0.0799. The second-order valence-corrected chi connectivity index (χ2v) is 4.99. The van der Waals surface area contributed by atoms with Crippen LogP contribution < -0.4 is 5.73 Å². The Kier molecular flexibility index (Phi) is 4.39. The summed E-state index contributed by atoms with van der Waals surface area (Å²) >= 11 is 0. The van der Waals surface area contributed by atoms with Crippen LogP contribution in [0.1, 0.15) is 46.0 Å². The SMILES string of the molecule is CCC(N)(COC)C1CCCC(C)C1. The molecule has 84 valence electrons. The van der Waals surface area contributed by atoms with Crippen LogP contribution in [0.5, 0.6) is 0 Å². The Bertz CT molecular complexity index is 172. The van der Waals surface area contributed by atoms with Crippen LogP contribution in [0.4, 0.5) is 0 Å². The Hall–Kier alpha value is -0.0800. The lowest BCUT2D eigenvalue weighted by molar-refractivity contribution is 0.0664. The minimum Gasteiger partial charge on any atom is -0.383 e. The zero-order chi connectivity index (χ0) is 10.6. The Balaban J connectivity index is 2.58. The third-order valence-electron chi connectivity index (χ3n) is 3.82. The predicted octanol–water partition coefficient (Wildman–Crippen LogP) is 2.57. The number of hydrogen-bond acceptors (Lipinski definition) is 2. The van der Waals surface area contributed by atoms with Gasteiger partial charge in [0.2, 0.25) is 0 Å².